The summed E-state index contributed by atoms with van der Waals surface area (Å²) in [6.45, 7) is 2.81. The van der Waals surface area contributed by atoms with E-state index in [4.69, 9.17) is 9.47 Å². The van der Waals surface area contributed by atoms with Gasteiger partial charge in [-0.15, -0.1) is 0 Å². The first kappa shape index (κ1) is 30.4. The number of rotatable bonds is 10. The molecule has 4 rings (SSSR count). The summed E-state index contributed by atoms with van der Waals surface area (Å²) in [6, 6.07) is 10.4. The molecule has 0 aliphatic carbocycles. The summed E-state index contributed by atoms with van der Waals surface area (Å²) in [4.78, 5) is 19.6. The van der Waals surface area contributed by atoms with Gasteiger partial charge < -0.3 is 14.6 Å². The predicted molar refractivity (Wildman–Crippen MR) is 146 cm³/mol. The molecule has 13 heteroatoms. The lowest BCUT2D eigenvalue weighted by Crippen LogP contribution is -2.30. The fraction of sp³-hybridized carbons (Fsp3) is 0.241. The summed E-state index contributed by atoms with van der Waals surface area (Å²) < 4.78 is 67.7. The topological polar surface area (TPSA) is 144 Å². The van der Waals surface area contributed by atoms with Crippen molar-refractivity contribution in [3.05, 3.63) is 99.9 Å². The first-order valence-corrected chi connectivity index (χ1v) is 14.1. The van der Waals surface area contributed by atoms with Crippen LogP contribution in [-0.4, -0.2) is 47.9 Å². The van der Waals surface area contributed by atoms with Crippen LogP contribution in [0.15, 0.2) is 75.5 Å². The highest BCUT2D eigenvalue weighted by Gasteiger charge is 2.33. The molecular formula is C29H26F2N4O6S. The van der Waals surface area contributed by atoms with Gasteiger partial charge in [0.05, 0.1) is 29.2 Å². The van der Waals surface area contributed by atoms with E-state index in [1.807, 2.05) is 6.07 Å². The highest BCUT2D eigenvalue weighted by Crippen LogP contribution is 2.33. The number of aromatic nitrogens is 3. The fourth-order valence-corrected chi connectivity index (χ4v) is 5.71. The second-order valence-electron chi connectivity index (χ2n) is 9.45. The zero-order chi connectivity index (χ0) is 30.6. The van der Waals surface area contributed by atoms with Gasteiger partial charge >= 0.3 is 0 Å². The van der Waals surface area contributed by atoms with Gasteiger partial charge in [0, 0.05) is 31.1 Å². The Morgan fingerprint density at radius 1 is 1.10 bits per heavy atom. The second kappa shape index (κ2) is 12.6. The van der Waals surface area contributed by atoms with Crippen molar-refractivity contribution in [1.29, 1.82) is 5.26 Å². The predicted octanol–water partition coefficient (Wildman–Crippen LogP) is 4.15. The molecule has 10 nitrogen and oxygen atoms in total. The molecule has 1 unspecified atom stereocenters. The zero-order valence-corrected chi connectivity index (χ0v) is 23.6. The third kappa shape index (κ3) is 6.20. The molecule has 1 N–H and O–H groups in total. The summed E-state index contributed by atoms with van der Waals surface area (Å²) in [5.41, 5.74) is 0.0385. The maximum Gasteiger partial charge on any atom is 0.296 e. The first-order chi connectivity index (χ1) is 20.0. The van der Waals surface area contributed by atoms with Gasteiger partial charge in [0.2, 0.25) is 15.7 Å². The molecule has 4 aromatic rings. The molecule has 42 heavy (non-hydrogen) atoms. The van der Waals surface area contributed by atoms with Gasteiger partial charge in [-0.05, 0) is 55.3 Å². The molecule has 218 valence electrons. The van der Waals surface area contributed by atoms with Crippen molar-refractivity contribution in [2.45, 2.75) is 42.4 Å². The number of ether oxygens (including phenoxy) is 2. The maximum absolute atomic E-state index is 14.2. The maximum atomic E-state index is 14.2. The van der Waals surface area contributed by atoms with Gasteiger partial charge in [0.15, 0.2) is 4.90 Å². The lowest BCUT2D eigenvalue weighted by molar-refractivity contribution is 0.0554. The van der Waals surface area contributed by atoms with E-state index in [1.54, 1.807) is 19.9 Å². The van der Waals surface area contributed by atoms with Gasteiger partial charge in [-0.2, -0.15) is 10.2 Å². The Morgan fingerprint density at radius 2 is 1.76 bits per heavy atom. The van der Waals surface area contributed by atoms with Gasteiger partial charge in [0.25, 0.3) is 5.56 Å². The lowest BCUT2D eigenvalue weighted by Gasteiger charge is -2.26. The smallest absolute Gasteiger partial charge is 0.296 e. The third-order valence-corrected chi connectivity index (χ3v) is 8.06. The van der Waals surface area contributed by atoms with Gasteiger partial charge in [-0.3, -0.25) is 14.3 Å². The van der Waals surface area contributed by atoms with Crippen LogP contribution >= 0.6 is 0 Å². The third-order valence-electron chi connectivity index (χ3n) is 6.27. The molecular weight excluding hydrogens is 570 g/mol. The molecule has 0 aliphatic rings. The first-order valence-electron chi connectivity index (χ1n) is 12.6. The number of hydrogen-bond acceptors (Lipinski definition) is 9. The molecule has 0 bridgehead atoms. The molecule has 2 aromatic heterocycles. The van der Waals surface area contributed by atoms with Crippen molar-refractivity contribution in [2.24, 2.45) is 0 Å². The summed E-state index contributed by atoms with van der Waals surface area (Å²) in [5.74, 6) is -3.02. The van der Waals surface area contributed by atoms with E-state index < -0.39 is 43.8 Å². The SMILES string of the molecule is COCC(c1cc(F)cc(F)c1)n1c(COC(C)C)nc(=O)c(S(=O)(=O)c2ccc(-c3ccncc3C#N)cc2)c1O. The van der Waals surface area contributed by atoms with Crippen molar-refractivity contribution >= 4 is 9.84 Å². The van der Waals surface area contributed by atoms with Crippen LogP contribution in [0.25, 0.3) is 11.1 Å². The molecule has 0 fully saturated rings. The van der Waals surface area contributed by atoms with Gasteiger partial charge in [0.1, 0.15) is 30.1 Å². The zero-order valence-electron chi connectivity index (χ0n) is 22.8. The second-order valence-corrected chi connectivity index (χ2v) is 11.3. The molecule has 0 saturated heterocycles. The molecule has 2 aromatic carbocycles. The fourth-order valence-electron chi connectivity index (χ4n) is 4.37. The van der Waals surface area contributed by atoms with E-state index in [9.17, 15) is 32.4 Å². The van der Waals surface area contributed by atoms with Crippen molar-refractivity contribution in [1.82, 2.24) is 14.5 Å². The van der Waals surface area contributed by atoms with E-state index in [1.165, 1.54) is 43.8 Å². The van der Waals surface area contributed by atoms with Crippen LogP contribution in [0.1, 0.15) is 36.8 Å². The number of nitrogens with zero attached hydrogens (tertiary/aromatic N) is 4. The number of pyridine rings is 1. The van der Waals surface area contributed by atoms with E-state index in [0.29, 0.717) is 17.2 Å². The number of aromatic hydroxyl groups is 1. The van der Waals surface area contributed by atoms with Crippen LogP contribution in [-0.2, 0) is 25.9 Å². The van der Waals surface area contributed by atoms with Crippen LogP contribution in [0, 0.1) is 23.0 Å². The molecule has 1 atom stereocenters. The minimum absolute atomic E-state index is 0.0146. The minimum atomic E-state index is -4.69. The van der Waals surface area contributed by atoms with Crippen molar-refractivity contribution < 1.29 is 31.8 Å². The van der Waals surface area contributed by atoms with E-state index in [2.05, 4.69) is 9.97 Å². The van der Waals surface area contributed by atoms with Gasteiger partial charge in [-0.25, -0.2) is 17.2 Å². The van der Waals surface area contributed by atoms with Crippen LogP contribution in [0.2, 0.25) is 0 Å². The number of sulfone groups is 1. The molecule has 0 spiro atoms. The van der Waals surface area contributed by atoms with Crippen LogP contribution in [0.5, 0.6) is 5.88 Å². The number of hydrogen-bond donors (Lipinski definition) is 1. The Balaban J connectivity index is 1.91. The standard InChI is InChI=1S/C29H26F2N4O6S/c1-17(2)41-16-26-34-28(36)27(29(37)35(26)25(15-40-3)19-10-21(30)12-22(31)11-19)42(38,39)23-6-4-18(5-7-23)24-8-9-33-14-20(24)13-32/h4-12,14,17,25,37H,15-16H2,1-3H3. The summed E-state index contributed by atoms with van der Waals surface area (Å²) in [6.07, 6.45) is 2.52. The number of benzene rings is 2. The number of methoxy groups -OCH3 is 1. The normalized spacial score (nSPS) is 12.3. The molecule has 2 heterocycles. The number of halogens is 2. The minimum Gasteiger partial charge on any atom is -0.493 e. The quantitative estimate of drug-likeness (QED) is 0.285. The van der Waals surface area contributed by atoms with E-state index in [-0.39, 0.29) is 41.2 Å². The van der Waals surface area contributed by atoms with Crippen LogP contribution in [0.3, 0.4) is 0 Å². The molecule has 0 amide bonds. The average Bonchev–Trinajstić information content (AvgIpc) is 2.94. The highest BCUT2D eigenvalue weighted by atomic mass is 32.2. The van der Waals surface area contributed by atoms with Crippen molar-refractivity contribution in [2.75, 3.05) is 13.7 Å². The van der Waals surface area contributed by atoms with E-state index >= 15 is 0 Å². The highest BCUT2D eigenvalue weighted by molar-refractivity contribution is 7.91. The Morgan fingerprint density at radius 3 is 2.36 bits per heavy atom. The van der Waals surface area contributed by atoms with Crippen molar-refractivity contribution in [3.8, 4) is 23.1 Å². The number of nitriles is 1. The van der Waals surface area contributed by atoms with E-state index in [0.717, 1.165) is 16.7 Å². The molecule has 0 aliphatic heterocycles. The van der Waals surface area contributed by atoms with Crippen LogP contribution < -0.4 is 5.56 Å². The summed E-state index contributed by atoms with van der Waals surface area (Å²) in [5, 5.41) is 20.8. The van der Waals surface area contributed by atoms with Gasteiger partial charge in [-0.1, -0.05) is 12.1 Å². The Kier molecular flexibility index (Phi) is 9.11. The average molecular weight is 597 g/mol. The molecule has 0 radical (unpaired) electrons. The summed E-state index contributed by atoms with van der Waals surface area (Å²) >= 11 is 0. The lowest BCUT2D eigenvalue weighted by atomic mass is 10.0. The Hall–Kier alpha value is -4.51. The monoisotopic (exact) mass is 596 g/mol. The Bertz CT molecular complexity index is 1800. The van der Waals surface area contributed by atoms with Crippen molar-refractivity contribution in [3.63, 3.8) is 0 Å². The van der Waals surface area contributed by atoms with Crippen LogP contribution in [0.4, 0.5) is 8.78 Å². The summed E-state index contributed by atoms with van der Waals surface area (Å²) in [7, 11) is -3.38. The molecule has 0 saturated carbocycles. The Labute approximate surface area is 240 Å². The largest absolute Gasteiger partial charge is 0.493 e.